The Morgan fingerprint density at radius 1 is 1.60 bits per heavy atom. The number of anilines is 1. The average Bonchev–Trinajstić information content (AvgIpc) is 2.59. The molecule has 0 saturated carbocycles. The minimum atomic E-state index is -0.588. The molecule has 1 N–H and O–H groups in total. The number of nitrogens with zero attached hydrogens (tertiary/aromatic N) is 1. The van der Waals surface area contributed by atoms with Gasteiger partial charge in [-0.3, -0.25) is 5.32 Å². The van der Waals surface area contributed by atoms with Crippen molar-refractivity contribution in [1.82, 2.24) is 4.98 Å². The number of nitrogens with one attached hydrogen (secondary N) is 1. The Hall–Kier alpha value is -1.69. The summed E-state index contributed by atoms with van der Waals surface area (Å²) in [4.78, 5) is 15.0. The van der Waals surface area contributed by atoms with Crippen LogP contribution in [0.15, 0.2) is 18.2 Å². The molecule has 6 heteroatoms. The molecule has 0 aliphatic heterocycles. The van der Waals surface area contributed by atoms with E-state index in [9.17, 15) is 9.18 Å². The van der Waals surface area contributed by atoms with Crippen molar-refractivity contribution in [2.45, 2.75) is 0 Å². The Labute approximate surface area is 88.7 Å². The van der Waals surface area contributed by atoms with Crippen molar-refractivity contribution in [3.63, 3.8) is 0 Å². The van der Waals surface area contributed by atoms with Crippen LogP contribution in [0.4, 0.5) is 14.3 Å². The number of ether oxygens (including phenoxy) is 1. The lowest BCUT2D eigenvalue weighted by atomic mass is 10.3. The smallest absolute Gasteiger partial charge is 0.413 e. The van der Waals surface area contributed by atoms with Crippen LogP contribution in [0.1, 0.15) is 0 Å². The number of methoxy groups -OCH3 is 1. The number of carbonyl (C=O) groups is 1. The number of aromatic nitrogens is 1. The van der Waals surface area contributed by atoms with E-state index < -0.39 is 6.09 Å². The largest absolute Gasteiger partial charge is 0.453 e. The Balaban J connectivity index is 2.34. The highest BCUT2D eigenvalue weighted by Gasteiger charge is 2.07. The topological polar surface area (TPSA) is 51.2 Å². The first-order valence-electron chi connectivity index (χ1n) is 4.10. The first-order chi connectivity index (χ1) is 7.19. The molecule has 15 heavy (non-hydrogen) atoms. The molecule has 78 valence electrons. The van der Waals surface area contributed by atoms with Gasteiger partial charge in [0.15, 0.2) is 5.13 Å². The average molecular weight is 226 g/mol. The fourth-order valence-electron chi connectivity index (χ4n) is 1.09. The zero-order valence-corrected chi connectivity index (χ0v) is 8.60. The molecule has 2 rings (SSSR count). The van der Waals surface area contributed by atoms with Gasteiger partial charge in [-0.05, 0) is 18.2 Å². The summed E-state index contributed by atoms with van der Waals surface area (Å²) >= 11 is 1.19. The third-order valence-corrected chi connectivity index (χ3v) is 2.68. The van der Waals surface area contributed by atoms with Gasteiger partial charge in [0.2, 0.25) is 0 Å². The molecule has 1 heterocycles. The number of hydrogen-bond donors (Lipinski definition) is 1. The van der Waals surface area contributed by atoms with Crippen LogP contribution in [0.2, 0.25) is 0 Å². The second kappa shape index (κ2) is 3.82. The summed E-state index contributed by atoms with van der Waals surface area (Å²) < 4.78 is 17.9. The van der Waals surface area contributed by atoms with Gasteiger partial charge < -0.3 is 4.74 Å². The maximum atomic E-state index is 12.8. The number of amides is 1. The number of thiazole rings is 1. The van der Waals surface area contributed by atoms with Gasteiger partial charge in [0, 0.05) is 0 Å². The minimum Gasteiger partial charge on any atom is -0.453 e. The van der Waals surface area contributed by atoms with E-state index in [-0.39, 0.29) is 5.82 Å². The molecule has 2 aromatic rings. The van der Waals surface area contributed by atoms with Crippen molar-refractivity contribution < 1.29 is 13.9 Å². The molecule has 0 spiro atoms. The predicted molar refractivity (Wildman–Crippen MR) is 55.6 cm³/mol. The lowest BCUT2D eigenvalue weighted by molar-refractivity contribution is 0.187. The summed E-state index contributed by atoms with van der Waals surface area (Å²) in [5, 5.41) is 2.82. The summed E-state index contributed by atoms with van der Waals surface area (Å²) in [7, 11) is 1.27. The predicted octanol–water partition coefficient (Wildman–Crippen LogP) is 2.61. The molecular weight excluding hydrogens is 219 g/mol. The van der Waals surface area contributed by atoms with Gasteiger partial charge in [-0.25, -0.2) is 14.2 Å². The van der Waals surface area contributed by atoms with E-state index in [1.54, 1.807) is 6.07 Å². The minimum absolute atomic E-state index is 0.323. The van der Waals surface area contributed by atoms with Crippen molar-refractivity contribution in [1.29, 1.82) is 0 Å². The third-order valence-electron chi connectivity index (χ3n) is 1.74. The van der Waals surface area contributed by atoms with Crippen molar-refractivity contribution >= 4 is 32.8 Å². The summed E-state index contributed by atoms with van der Waals surface area (Å²) in [5.41, 5.74) is 0.646. The van der Waals surface area contributed by atoms with Crippen LogP contribution < -0.4 is 5.32 Å². The highest BCUT2D eigenvalue weighted by molar-refractivity contribution is 7.22. The van der Waals surface area contributed by atoms with Crippen molar-refractivity contribution in [2.75, 3.05) is 12.4 Å². The van der Waals surface area contributed by atoms with E-state index in [0.29, 0.717) is 15.3 Å². The van der Waals surface area contributed by atoms with Crippen molar-refractivity contribution in [3.05, 3.63) is 24.0 Å². The standard InChI is InChI=1S/C9H7FN2O2S/c1-14-9(13)12-8-11-6-3-2-5(10)4-7(6)15-8/h2-4H,1H3,(H,11,12,13). The van der Waals surface area contributed by atoms with Gasteiger partial charge >= 0.3 is 6.09 Å². The van der Waals surface area contributed by atoms with Crippen LogP contribution >= 0.6 is 11.3 Å². The summed E-state index contributed by atoms with van der Waals surface area (Å²) in [5.74, 6) is -0.323. The molecule has 0 bridgehead atoms. The molecule has 4 nitrogen and oxygen atoms in total. The van der Waals surface area contributed by atoms with Crippen LogP contribution in [0.3, 0.4) is 0 Å². The lowest BCUT2D eigenvalue weighted by Crippen LogP contribution is -2.10. The number of rotatable bonds is 1. The Morgan fingerprint density at radius 2 is 2.40 bits per heavy atom. The molecular formula is C9H7FN2O2S. The van der Waals surface area contributed by atoms with Gasteiger partial charge in [0.05, 0.1) is 17.3 Å². The number of fused-ring (bicyclic) bond motifs is 1. The van der Waals surface area contributed by atoms with Crippen LogP contribution in [-0.4, -0.2) is 18.2 Å². The highest BCUT2D eigenvalue weighted by atomic mass is 32.1. The molecule has 0 atom stereocenters. The maximum absolute atomic E-state index is 12.8. The van der Waals surface area contributed by atoms with E-state index in [0.717, 1.165) is 0 Å². The number of hydrogen-bond acceptors (Lipinski definition) is 4. The first-order valence-corrected chi connectivity index (χ1v) is 4.92. The SMILES string of the molecule is COC(=O)Nc1nc2ccc(F)cc2s1. The Morgan fingerprint density at radius 3 is 3.13 bits per heavy atom. The number of carbonyl (C=O) groups excluding carboxylic acids is 1. The lowest BCUT2D eigenvalue weighted by Gasteiger charge is -1.96. The molecule has 0 unspecified atom stereocenters. The van der Waals surface area contributed by atoms with Crippen LogP contribution in [0.5, 0.6) is 0 Å². The van der Waals surface area contributed by atoms with Crippen molar-refractivity contribution in [3.8, 4) is 0 Å². The highest BCUT2D eigenvalue weighted by Crippen LogP contribution is 2.26. The van der Waals surface area contributed by atoms with Gasteiger partial charge in [0.1, 0.15) is 5.82 Å². The number of benzene rings is 1. The van der Waals surface area contributed by atoms with Crippen LogP contribution in [-0.2, 0) is 4.74 Å². The third kappa shape index (κ3) is 2.04. The van der Waals surface area contributed by atoms with Gasteiger partial charge in [-0.15, -0.1) is 0 Å². The summed E-state index contributed by atoms with van der Waals surface area (Å²) in [6, 6.07) is 4.25. The normalized spacial score (nSPS) is 10.3. The molecule has 0 radical (unpaired) electrons. The monoisotopic (exact) mass is 226 g/mol. The van der Waals surface area contributed by atoms with Gasteiger partial charge in [-0.2, -0.15) is 0 Å². The van der Waals surface area contributed by atoms with E-state index >= 15 is 0 Å². The molecule has 0 aliphatic rings. The molecule has 1 aromatic heterocycles. The number of halogens is 1. The Kier molecular flexibility index (Phi) is 2.51. The second-order valence-electron chi connectivity index (χ2n) is 2.75. The zero-order chi connectivity index (χ0) is 10.8. The Bertz CT molecular complexity index is 512. The van der Waals surface area contributed by atoms with Crippen molar-refractivity contribution in [2.24, 2.45) is 0 Å². The first kappa shape index (κ1) is 9.85. The quantitative estimate of drug-likeness (QED) is 0.813. The zero-order valence-electron chi connectivity index (χ0n) is 7.78. The molecule has 0 aliphatic carbocycles. The van der Waals surface area contributed by atoms with E-state index in [2.05, 4.69) is 15.0 Å². The van der Waals surface area contributed by atoms with E-state index in [4.69, 9.17) is 0 Å². The second-order valence-corrected chi connectivity index (χ2v) is 3.78. The van der Waals surface area contributed by atoms with E-state index in [1.807, 2.05) is 0 Å². The summed E-state index contributed by atoms with van der Waals surface area (Å²) in [6.45, 7) is 0. The van der Waals surface area contributed by atoms with E-state index in [1.165, 1.54) is 30.6 Å². The fourth-order valence-corrected chi connectivity index (χ4v) is 1.97. The van der Waals surface area contributed by atoms with Crippen LogP contribution in [0.25, 0.3) is 10.2 Å². The molecule has 1 amide bonds. The van der Waals surface area contributed by atoms with Crippen LogP contribution in [0, 0.1) is 5.82 Å². The molecule has 0 saturated heterocycles. The molecule has 0 fully saturated rings. The maximum Gasteiger partial charge on any atom is 0.413 e. The summed E-state index contributed by atoms with van der Waals surface area (Å²) in [6.07, 6.45) is -0.588. The van der Waals surface area contributed by atoms with Gasteiger partial charge in [0.25, 0.3) is 0 Å². The molecule has 1 aromatic carbocycles. The van der Waals surface area contributed by atoms with Gasteiger partial charge in [-0.1, -0.05) is 11.3 Å². The fraction of sp³-hybridized carbons (Fsp3) is 0.111.